The van der Waals surface area contributed by atoms with Crippen LogP contribution in [0.4, 0.5) is 5.69 Å². The number of nitrogens with zero attached hydrogens (tertiary/aromatic N) is 1. The monoisotopic (exact) mass is 305 g/mol. The van der Waals surface area contributed by atoms with Crippen molar-refractivity contribution in [2.45, 2.75) is 23.5 Å². The second-order valence-corrected chi connectivity index (χ2v) is 5.65. The van der Waals surface area contributed by atoms with Gasteiger partial charge in [-0.05, 0) is 28.4 Å². The van der Waals surface area contributed by atoms with Crippen LogP contribution in [0.3, 0.4) is 0 Å². The highest BCUT2D eigenvalue weighted by Gasteiger charge is 2.11. The molecule has 1 aromatic carbocycles. The predicted molar refractivity (Wildman–Crippen MR) is 67.8 cm³/mol. The maximum atomic E-state index is 10.5. The average molecular weight is 306 g/mol. The molecule has 0 spiro atoms. The number of nitro benzene ring substituents is 1. The Hall–Kier alpha value is -0.590. The lowest BCUT2D eigenvalue weighted by atomic mass is 10.3. The zero-order chi connectivity index (χ0) is 12.1. The molecule has 0 aliphatic heterocycles. The zero-order valence-corrected chi connectivity index (χ0v) is 11.1. The minimum Gasteiger partial charge on any atom is -0.396 e. The van der Waals surface area contributed by atoms with Gasteiger partial charge in [-0.2, -0.15) is 0 Å². The Morgan fingerprint density at radius 3 is 2.81 bits per heavy atom. The molecule has 0 amide bonds. The van der Waals surface area contributed by atoms with Gasteiger partial charge in [0.15, 0.2) is 0 Å². The van der Waals surface area contributed by atoms with Gasteiger partial charge in [0.1, 0.15) is 0 Å². The second kappa shape index (κ2) is 6.22. The fourth-order valence-corrected chi connectivity index (χ4v) is 2.78. The molecular weight excluding hydrogens is 294 g/mol. The van der Waals surface area contributed by atoms with Crippen molar-refractivity contribution in [1.82, 2.24) is 0 Å². The van der Waals surface area contributed by atoms with E-state index < -0.39 is 4.92 Å². The predicted octanol–water partition coefficient (Wildman–Crippen LogP) is 3.22. The van der Waals surface area contributed by atoms with E-state index in [0.717, 1.165) is 9.37 Å². The minimum atomic E-state index is -0.420. The Kier molecular flexibility index (Phi) is 5.24. The van der Waals surface area contributed by atoms with E-state index in [2.05, 4.69) is 15.9 Å². The Labute approximate surface area is 106 Å². The summed E-state index contributed by atoms with van der Waals surface area (Å²) in [7, 11) is 0. The molecule has 1 unspecified atom stereocenters. The van der Waals surface area contributed by atoms with Crippen LogP contribution in [0, 0.1) is 10.1 Å². The van der Waals surface area contributed by atoms with Crippen LogP contribution in [0.2, 0.25) is 0 Å². The van der Waals surface area contributed by atoms with Crippen molar-refractivity contribution in [2.75, 3.05) is 6.61 Å². The zero-order valence-electron chi connectivity index (χ0n) is 8.72. The summed E-state index contributed by atoms with van der Waals surface area (Å²) in [5, 5.41) is 19.6. The molecule has 1 aromatic rings. The van der Waals surface area contributed by atoms with Gasteiger partial charge in [0, 0.05) is 33.4 Å². The van der Waals surface area contributed by atoms with Crippen LogP contribution in [-0.2, 0) is 0 Å². The van der Waals surface area contributed by atoms with Crippen molar-refractivity contribution in [3.05, 3.63) is 32.8 Å². The summed E-state index contributed by atoms with van der Waals surface area (Å²) in [6.07, 6.45) is 0.702. The molecule has 6 heteroatoms. The molecule has 0 aromatic heterocycles. The number of halogens is 1. The van der Waals surface area contributed by atoms with Crippen LogP contribution in [0.25, 0.3) is 0 Å². The number of non-ortho nitro benzene ring substituents is 1. The third kappa shape index (κ3) is 3.77. The van der Waals surface area contributed by atoms with Crippen LogP contribution in [0.5, 0.6) is 0 Å². The first kappa shape index (κ1) is 13.5. The molecule has 1 atom stereocenters. The smallest absolute Gasteiger partial charge is 0.270 e. The summed E-state index contributed by atoms with van der Waals surface area (Å²) in [4.78, 5) is 11.1. The van der Waals surface area contributed by atoms with Gasteiger partial charge in [-0.3, -0.25) is 10.1 Å². The molecular formula is C10H12BrNO3S. The molecule has 88 valence electrons. The molecule has 0 aliphatic rings. The summed E-state index contributed by atoms with van der Waals surface area (Å²) in [5.74, 6) is 0. The maximum absolute atomic E-state index is 10.5. The SMILES string of the molecule is CC(CCO)Sc1ccc([N+](=O)[O-])cc1Br. The van der Waals surface area contributed by atoms with E-state index in [9.17, 15) is 10.1 Å². The van der Waals surface area contributed by atoms with Crippen LogP contribution in [0.15, 0.2) is 27.6 Å². The molecule has 0 saturated heterocycles. The number of aliphatic hydroxyl groups is 1. The van der Waals surface area contributed by atoms with E-state index in [1.54, 1.807) is 17.8 Å². The number of hydrogen-bond donors (Lipinski definition) is 1. The molecule has 0 saturated carbocycles. The van der Waals surface area contributed by atoms with E-state index in [-0.39, 0.29) is 17.5 Å². The lowest BCUT2D eigenvalue weighted by Gasteiger charge is -2.10. The van der Waals surface area contributed by atoms with Crippen molar-refractivity contribution in [3.8, 4) is 0 Å². The molecule has 0 fully saturated rings. The molecule has 0 bridgehead atoms. The lowest BCUT2D eigenvalue weighted by molar-refractivity contribution is -0.385. The van der Waals surface area contributed by atoms with Crippen molar-refractivity contribution in [3.63, 3.8) is 0 Å². The summed E-state index contributed by atoms with van der Waals surface area (Å²) in [5.41, 5.74) is 0.0750. The second-order valence-electron chi connectivity index (χ2n) is 3.31. The van der Waals surface area contributed by atoms with Gasteiger partial charge in [0.2, 0.25) is 0 Å². The first-order valence-corrected chi connectivity index (χ1v) is 6.43. The summed E-state index contributed by atoms with van der Waals surface area (Å²) in [6.45, 7) is 2.16. The molecule has 0 radical (unpaired) electrons. The Morgan fingerprint density at radius 1 is 1.62 bits per heavy atom. The van der Waals surface area contributed by atoms with E-state index in [0.29, 0.717) is 6.42 Å². The Morgan fingerprint density at radius 2 is 2.31 bits per heavy atom. The highest BCUT2D eigenvalue weighted by molar-refractivity contribution is 9.10. The summed E-state index contributed by atoms with van der Waals surface area (Å²) >= 11 is 4.89. The first-order chi connectivity index (χ1) is 7.54. The van der Waals surface area contributed by atoms with E-state index >= 15 is 0 Å². The van der Waals surface area contributed by atoms with Crippen LogP contribution in [-0.4, -0.2) is 21.9 Å². The number of thioether (sulfide) groups is 1. The van der Waals surface area contributed by atoms with Gasteiger partial charge in [0.25, 0.3) is 5.69 Å². The molecule has 16 heavy (non-hydrogen) atoms. The molecule has 1 N–H and O–H groups in total. The number of benzene rings is 1. The molecule has 1 rings (SSSR count). The van der Waals surface area contributed by atoms with E-state index in [1.807, 2.05) is 6.92 Å². The van der Waals surface area contributed by atoms with Crippen LogP contribution < -0.4 is 0 Å². The quantitative estimate of drug-likeness (QED) is 0.515. The number of hydrogen-bond acceptors (Lipinski definition) is 4. The van der Waals surface area contributed by atoms with Gasteiger partial charge in [-0.15, -0.1) is 11.8 Å². The lowest BCUT2D eigenvalue weighted by Crippen LogP contribution is -1.99. The van der Waals surface area contributed by atoms with E-state index in [4.69, 9.17) is 5.11 Å². The minimum absolute atomic E-state index is 0.0750. The van der Waals surface area contributed by atoms with Gasteiger partial charge >= 0.3 is 0 Å². The first-order valence-electron chi connectivity index (χ1n) is 4.76. The molecule has 0 heterocycles. The van der Waals surface area contributed by atoms with Crippen molar-refractivity contribution in [2.24, 2.45) is 0 Å². The van der Waals surface area contributed by atoms with Crippen molar-refractivity contribution < 1.29 is 10.0 Å². The van der Waals surface area contributed by atoms with Gasteiger partial charge in [-0.1, -0.05) is 6.92 Å². The number of nitro groups is 1. The summed E-state index contributed by atoms with van der Waals surface area (Å²) < 4.78 is 0.719. The Balaban J connectivity index is 2.79. The third-order valence-electron chi connectivity index (χ3n) is 1.99. The number of aliphatic hydroxyl groups excluding tert-OH is 1. The van der Waals surface area contributed by atoms with E-state index in [1.165, 1.54) is 12.1 Å². The maximum Gasteiger partial charge on any atom is 0.270 e. The fraction of sp³-hybridized carbons (Fsp3) is 0.400. The van der Waals surface area contributed by atoms with Gasteiger partial charge < -0.3 is 5.11 Å². The highest BCUT2D eigenvalue weighted by Crippen LogP contribution is 2.33. The third-order valence-corrected chi connectivity index (χ3v) is 4.16. The molecule has 4 nitrogen and oxygen atoms in total. The average Bonchev–Trinajstić information content (AvgIpc) is 2.21. The summed E-state index contributed by atoms with van der Waals surface area (Å²) in [6, 6.07) is 4.70. The van der Waals surface area contributed by atoms with Crippen LogP contribution >= 0.6 is 27.7 Å². The highest BCUT2D eigenvalue weighted by atomic mass is 79.9. The largest absolute Gasteiger partial charge is 0.396 e. The van der Waals surface area contributed by atoms with Crippen LogP contribution in [0.1, 0.15) is 13.3 Å². The van der Waals surface area contributed by atoms with Crippen molar-refractivity contribution in [1.29, 1.82) is 0 Å². The fourth-order valence-electron chi connectivity index (χ4n) is 1.16. The topological polar surface area (TPSA) is 63.4 Å². The normalized spacial score (nSPS) is 12.4. The van der Waals surface area contributed by atoms with Gasteiger partial charge in [-0.25, -0.2) is 0 Å². The van der Waals surface area contributed by atoms with Gasteiger partial charge in [0.05, 0.1) is 4.92 Å². The van der Waals surface area contributed by atoms with Crippen molar-refractivity contribution >= 4 is 33.4 Å². The molecule has 0 aliphatic carbocycles. The number of rotatable bonds is 5. The Bertz CT molecular complexity index is 386. The standard InChI is InChI=1S/C10H12BrNO3S/c1-7(4-5-13)16-10-3-2-8(12(14)15)6-9(10)11/h2-3,6-7,13H,4-5H2,1H3.